The van der Waals surface area contributed by atoms with Gasteiger partial charge < -0.3 is 30.4 Å². The summed E-state index contributed by atoms with van der Waals surface area (Å²) in [6.45, 7) is 2.34. The second-order valence-electron chi connectivity index (χ2n) is 8.65. The van der Waals surface area contributed by atoms with Crippen LogP contribution in [0.1, 0.15) is 31.4 Å². The van der Waals surface area contributed by atoms with Crippen LogP contribution in [0.2, 0.25) is 0 Å². The second kappa shape index (κ2) is 16.3. The lowest BCUT2D eigenvalue weighted by Gasteiger charge is -2.27. The molecular weight excluding hydrogens is 578 g/mol. The zero-order valence-electron chi connectivity index (χ0n) is 22.2. The molecule has 0 spiro atoms. The smallest absolute Gasteiger partial charge is 0.412 e. The Labute approximate surface area is 242 Å². The third kappa shape index (κ3) is 10.0. The van der Waals surface area contributed by atoms with Crippen molar-refractivity contribution < 1.29 is 28.9 Å². The molecule has 0 aromatic heterocycles. The Hall–Kier alpha value is -3.86. The molecule has 2 amide bonds. The molecule has 0 bridgehead atoms. The zero-order chi connectivity index (χ0) is 28.7. The first-order chi connectivity index (χ1) is 19.4. The van der Waals surface area contributed by atoms with Crippen molar-refractivity contribution in [2.75, 3.05) is 36.2 Å². The van der Waals surface area contributed by atoms with Crippen molar-refractivity contribution in [1.82, 2.24) is 0 Å². The third-order valence-electron chi connectivity index (χ3n) is 5.72. The van der Waals surface area contributed by atoms with Crippen LogP contribution in [0.4, 0.5) is 21.9 Å². The van der Waals surface area contributed by atoms with Crippen LogP contribution >= 0.6 is 15.9 Å². The number of nitrogen functional groups attached to an aromatic ring is 1. The number of hydrogen-bond donors (Lipinski definition) is 4. The van der Waals surface area contributed by atoms with E-state index in [9.17, 15) is 9.59 Å². The SMILES string of the molecule is CCO[C@@H](CC/C=C/C(=O)Nc1ccccc1N)[C@@H](OC(=O)Nc1ccc(Br)cc1)c1ccc(OCCO)cc1. The molecule has 0 radical (unpaired) electrons. The van der Waals surface area contributed by atoms with E-state index in [2.05, 4.69) is 26.6 Å². The molecule has 3 aromatic carbocycles. The first-order valence-corrected chi connectivity index (χ1v) is 13.7. The summed E-state index contributed by atoms with van der Waals surface area (Å²) in [7, 11) is 0. The molecule has 0 aliphatic carbocycles. The maximum absolute atomic E-state index is 12.9. The van der Waals surface area contributed by atoms with Crippen molar-refractivity contribution >= 4 is 45.0 Å². The minimum atomic E-state index is -0.742. The minimum Gasteiger partial charge on any atom is -0.491 e. The maximum atomic E-state index is 12.9. The molecule has 0 aliphatic rings. The number of benzene rings is 3. The normalized spacial score (nSPS) is 12.5. The standard InChI is InChI=1S/C30H34BrN3O6/c1-2-38-27(9-5-6-10-28(36)34-26-8-4-3-7-25(26)32)29(21-11-17-24(18-12-21)39-20-19-35)40-30(37)33-23-15-13-22(31)14-16-23/h3-4,6-8,10-18,27,29,35H,2,5,9,19-20,32H2,1H3,(H,33,37)(H,34,36)/b10-6+/t27-,29-/m0/s1. The lowest BCUT2D eigenvalue weighted by atomic mass is 10.00. The number of para-hydroxylation sites is 2. The summed E-state index contributed by atoms with van der Waals surface area (Å²) < 4.78 is 18.3. The van der Waals surface area contributed by atoms with Gasteiger partial charge in [-0.25, -0.2) is 4.79 Å². The topological polar surface area (TPSA) is 132 Å². The number of aliphatic hydroxyl groups excluding tert-OH is 1. The third-order valence-corrected chi connectivity index (χ3v) is 6.25. The number of anilines is 3. The highest BCUT2D eigenvalue weighted by Gasteiger charge is 2.27. The summed E-state index contributed by atoms with van der Waals surface area (Å²) in [4.78, 5) is 25.2. The van der Waals surface area contributed by atoms with Crippen LogP contribution in [0.5, 0.6) is 5.75 Å². The summed E-state index contributed by atoms with van der Waals surface area (Å²) in [6, 6.07) is 21.3. The van der Waals surface area contributed by atoms with E-state index >= 15 is 0 Å². The monoisotopic (exact) mass is 611 g/mol. The van der Waals surface area contributed by atoms with Crippen LogP contribution in [0.3, 0.4) is 0 Å². The lowest BCUT2D eigenvalue weighted by Crippen LogP contribution is -2.29. The molecule has 3 rings (SSSR count). The Balaban J connectivity index is 1.71. The fourth-order valence-electron chi connectivity index (χ4n) is 3.84. The number of amides is 2. The van der Waals surface area contributed by atoms with Gasteiger partial charge in [0.2, 0.25) is 5.91 Å². The van der Waals surface area contributed by atoms with Crippen molar-refractivity contribution in [3.8, 4) is 5.75 Å². The van der Waals surface area contributed by atoms with Crippen LogP contribution in [0.25, 0.3) is 0 Å². The van der Waals surface area contributed by atoms with E-state index in [1.54, 1.807) is 66.7 Å². The minimum absolute atomic E-state index is 0.0968. The highest BCUT2D eigenvalue weighted by Crippen LogP contribution is 2.29. The van der Waals surface area contributed by atoms with Gasteiger partial charge in [-0.05, 0) is 79.9 Å². The Morgan fingerprint density at radius 2 is 1.75 bits per heavy atom. The van der Waals surface area contributed by atoms with E-state index in [4.69, 9.17) is 25.1 Å². The van der Waals surface area contributed by atoms with Gasteiger partial charge in [-0.1, -0.05) is 46.3 Å². The molecule has 3 aromatic rings. The number of carbonyl (C=O) groups is 2. The van der Waals surface area contributed by atoms with Gasteiger partial charge >= 0.3 is 6.09 Å². The molecule has 0 saturated carbocycles. The van der Waals surface area contributed by atoms with E-state index in [1.165, 1.54) is 6.08 Å². The van der Waals surface area contributed by atoms with Gasteiger partial charge in [0, 0.05) is 16.8 Å². The van der Waals surface area contributed by atoms with E-state index in [1.807, 2.05) is 19.1 Å². The molecule has 9 nitrogen and oxygen atoms in total. The molecular formula is C30H34BrN3O6. The fourth-order valence-corrected chi connectivity index (χ4v) is 4.11. The molecule has 0 fully saturated rings. The average Bonchev–Trinajstić information content (AvgIpc) is 2.95. The van der Waals surface area contributed by atoms with Crippen molar-refractivity contribution in [2.45, 2.75) is 32.0 Å². The highest BCUT2D eigenvalue weighted by atomic mass is 79.9. The number of hydrogen-bond acceptors (Lipinski definition) is 7. The van der Waals surface area contributed by atoms with Crippen molar-refractivity contribution in [3.63, 3.8) is 0 Å². The van der Waals surface area contributed by atoms with Crippen LogP contribution in [-0.4, -0.2) is 43.0 Å². The van der Waals surface area contributed by atoms with Gasteiger partial charge in [-0.3, -0.25) is 10.1 Å². The van der Waals surface area contributed by atoms with Gasteiger partial charge in [0.15, 0.2) is 6.10 Å². The molecule has 10 heteroatoms. The number of halogens is 1. The predicted octanol–water partition coefficient (Wildman–Crippen LogP) is 6.07. The molecule has 0 saturated heterocycles. The molecule has 212 valence electrons. The summed E-state index contributed by atoms with van der Waals surface area (Å²) in [5, 5.41) is 14.5. The fraction of sp³-hybridized carbons (Fsp3) is 0.267. The molecule has 0 heterocycles. The summed E-state index contributed by atoms with van der Waals surface area (Å²) in [5.41, 5.74) is 8.21. The van der Waals surface area contributed by atoms with Crippen molar-refractivity contribution in [3.05, 3.63) is 95.0 Å². The quantitative estimate of drug-likeness (QED) is 0.128. The first kappa shape index (κ1) is 30.7. The van der Waals surface area contributed by atoms with E-state index < -0.39 is 18.3 Å². The largest absolute Gasteiger partial charge is 0.491 e. The van der Waals surface area contributed by atoms with Gasteiger partial charge in [0.1, 0.15) is 12.4 Å². The number of nitrogens with one attached hydrogen (secondary N) is 2. The Kier molecular flexibility index (Phi) is 12.5. The second-order valence-corrected chi connectivity index (χ2v) is 9.56. The Morgan fingerprint density at radius 3 is 2.42 bits per heavy atom. The molecule has 40 heavy (non-hydrogen) atoms. The molecule has 0 aliphatic heterocycles. The number of nitrogens with two attached hydrogens (primary N) is 1. The summed E-state index contributed by atoms with van der Waals surface area (Å²) >= 11 is 3.38. The number of ether oxygens (including phenoxy) is 3. The lowest BCUT2D eigenvalue weighted by molar-refractivity contribution is -0.111. The average molecular weight is 613 g/mol. The number of rotatable bonds is 14. The van der Waals surface area contributed by atoms with Gasteiger partial charge in [-0.15, -0.1) is 0 Å². The number of carbonyl (C=O) groups excluding carboxylic acids is 2. The molecule has 5 N–H and O–H groups in total. The molecule has 2 atom stereocenters. The van der Waals surface area contributed by atoms with Crippen LogP contribution < -0.4 is 21.1 Å². The first-order valence-electron chi connectivity index (χ1n) is 12.9. The van der Waals surface area contributed by atoms with E-state index in [0.717, 1.165) is 4.47 Å². The Bertz CT molecular complexity index is 1250. The number of allylic oxidation sites excluding steroid dienone is 1. The van der Waals surface area contributed by atoms with E-state index in [-0.39, 0.29) is 19.1 Å². The zero-order valence-corrected chi connectivity index (χ0v) is 23.8. The maximum Gasteiger partial charge on any atom is 0.412 e. The van der Waals surface area contributed by atoms with Crippen LogP contribution in [0, 0.1) is 0 Å². The van der Waals surface area contributed by atoms with Crippen LogP contribution in [-0.2, 0) is 14.3 Å². The predicted molar refractivity (Wildman–Crippen MR) is 159 cm³/mol. The Morgan fingerprint density at radius 1 is 1.02 bits per heavy atom. The van der Waals surface area contributed by atoms with Gasteiger partial charge in [0.05, 0.1) is 24.1 Å². The van der Waals surface area contributed by atoms with Crippen molar-refractivity contribution in [1.29, 1.82) is 0 Å². The molecule has 0 unspecified atom stereocenters. The summed E-state index contributed by atoms with van der Waals surface area (Å²) in [5.74, 6) is 0.280. The highest BCUT2D eigenvalue weighted by molar-refractivity contribution is 9.10. The van der Waals surface area contributed by atoms with Gasteiger partial charge in [-0.2, -0.15) is 0 Å². The van der Waals surface area contributed by atoms with Gasteiger partial charge in [0.25, 0.3) is 0 Å². The van der Waals surface area contributed by atoms with E-state index in [0.29, 0.717) is 47.8 Å². The number of aliphatic hydroxyl groups is 1. The summed E-state index contributed by atoms with van der Waals surface area (Å²) in [6.07, 6.45) is 2.28. The van der Waals surface area contributed by atoms with Crippen LogP contribution in [0.15, 0.2) is 89.4 Å². The van der Waals surface area contributed by atoms with Crippen molar-refractivity contribution in [2.24, 2.45) is 0 Å².